The third-order valence-electron chi connectivity index (χ3n) is 2.97. The van der Waals surface area contributed by atoms with Crippen molar-refractivity contribution in [3.05, 3.63) is 22.7 Å². The van der Waals surface area contributed by atoms with E-state index in [0.717, 1.165) is 10.2 Å². The first-order valence-corrected chi connectivity index (χ1v) is 6.09. The highest BCUT2D eigenvalue weighted by atomic mass is 79.9. The number of anilines is 2. The van der Waals surface area contributed by atoms with E-state index in [0.29, 0.717) is 12.2 Å². The van der Waals surface area contributed by atoms with Gasteiger partial charge in [-0.25, -0.2) is 0 Å². The summed E-state index contributed by atoms with van der Waals surface area (Å²) in [5.74, 6) is -0.212. The molecule has 0 radical (unpaired) electrons. The molecule has 2 N–H and O–H groups in total. The van der Waals surface area contributed by atoms with E-state index in [-0.39, 0.29) is 18.4 Å². The van der Waals surface area contributed by atoms with Crippen LogP contribution in [0.5, 0.6) is 0 Å². The van der Waals surface area contributed by atoms with E-state index in [1.807, 2.05) is 12.1 Å². The number of carbonyl (C=O) groups is 2. The summed E-state index contributed by atoms with van der Waals surface area (Å²) in [4.78, 5) is 25.4. The molecular formula is C11H10BrN3O2. The highest BCUT2D eigenvalue weighted by molar-refractivity contribution is 9.10. The average molecular weight is 296 g/mol. The maximum absolute atomic E-state index is 11.9. The maximum Gasteiger partial charge on any atom is 0.248 e. The molecule has 1 aromatic carbocycles. The van der Waals surface area contributed by atoms with Crippen LogP contribution in [0.1, 0.15) is 0 Å². The van der Waals surface area contributed by atoms with Crippen LogP contribution in [0.3, 0.4) is 0 Å². The lowest BCUT2D eigenvalue weighted by atomic mass is 10.1. The Morgan fingerprint density at radius 3 is 3.00 bits per heavy atom. The number of hydrogen-bond donors (Lipinski definition) is 2. The molecule has 5 nitrogen and oxygen atoms in total. The molecule has 0 saturated carbocycles. The van der Waals surface area contributed by atoms with E-state index < -0.39 is 6.04 Å². The molecule has 3 rings (SSSR count). The van der Waals surface area contributed by atoms with Crippen LogP contribution in [0.15, 0.2) is 22.7 Å². The lowest BCUT2D eigenvalue weighted by molar-refractivity contribution is -0.124. The molecule has 1 fully saturated rings. The summed E-state index contributed by atoms with van der Waals surface area (Å²) in [5.41, 5.74) is 1.44. The molecule has 2 aliphatic rings. The van der Waals surface area contributed by atoms with Crippen molar-refractivity contribution in [3.8, 4) is 0 Å². The van der Waals surface area contributed by atoms with Crippen molar-refractivity contribution >= 4 is 39.1 Å². The summed E-state index contributed by atoms with van der Waals surface area (Å²) >= 11 is 3.35. The number of amides is 2. The van der Waals surface area contributed by atoms with Gasteiger partial charge < -0.3 is 10.6 Å². The monoisotopic (exact) mass is 295 g/mol. The quantitative estimate of drug-likeness (QED) is 0.741. The number of benzene rings is 1. The molecule has 0 aromatic heterocycles. The Hall–Kier alpha value is -1.40. The third kappa shape index (κ3) is 1.64. The standard InChI is InChI=1S/C11H10BrN3O2/c12-6-1-2-8-7(3-6)14-11(17)9-4-13-5-10(16)15(8)9/h1-3,9,13H,4-5H2,(H,14,17). The van der Waals surface area contributed by atoms with Gasteiger partial charge in [0.2, 0.25) is 11.8 Å². The largest absolute Gasteiger partial charge is 0.322 e. The Bertz CT molecular complexity index is 517. The molecule has 0 aliphatic carbocycles. The van der Waals surface area contributed by atoms with Crippen LogP contribution in [0, 0.1) is 0 Å². The molecule has 6 heteroatoms. The first-order chi connectivity index (χ1) is 8.16. The van der Waals surface area contributed by atoms with E-state index >= 15 is 0 Å². The summed E-state index contributed by atoms with van der Waals surface area (Å²) in [6, 6.07) is 5.07. The molecule has 88 valence electrons. The molecule has 0 bridgehead atoms. The zero-order chi connectivity index (χ0) is 12.0. The van der Waals surface area contributed by atoms with E-state index in [9.17, 15) is 9.59 Å². The van der Waals surface area contributed by atoms with Crippen LogP contribution in [0.2, 0.25) is 0 Å². The Balaban J connectivity index is 2.12. The van der Waals surface area contributed by atoms with Gasteiger partial charge in [0, 0.05) is 11.0 Å². The maximum atomic E-state index is 11.9. The second-order valence-electron chi connectivity index (χ2n) is 4.06. The molecule has 2 amide bonds. The topological polar surface area (TPSA) is 61.4 Å². The fraction of sp³-hybridized carbons (Fsp3) is 0.273. The van der Waals surface area contributed by atoms with Gasteiger partial charge in [0.25, 0.3) is 0 Å². The summed E-state index contributed by atoms with van der Waals surface area (Å²) in [6.45, 7) is 0.770. The van der Waals surface area contributed by atoms with E-state index in [2.05, 4.69) is 26.6 Å². The first-order valence-electron chi connectivity index (χ1n) is 5.30. The fourth-order valence-corrected chi connectivity index (χ4v) is 2.57. The molecule has 1 aromatic rings. The van der Waals surface area contributed by atoms with Crippen molar-refractivity contribution in [2.75, 3.05) is 23.3 Å². The fourth-order valence-electron chi connectivity index (χ4n) is 2.21. The molecule has 2 heterocycles. The predicted octanol–water partition coefficient (Wildman–Crippen LogP) is 0.706. The van der Waals surface area contributed by atoms with Gasteiger partial charge in [-0.05, 0) is 18.2 Å². The van der Waals surface area contributed by atoms with Crippen molar-refractivity contribution in [1.82, 2.24) is 5.32 Å². The molecular weight excluding hydrogens is 286 g/mol. The minimum absolute atomic E-state index is 0.0697. The number of nitrogens with one attached hydrogen (secondary N) is 2. The van der Waals surface area contributed by atoms with Gasteiger partial charge in [-0.1, -0.05) is 15.9 Å². The number of halogens is 1. The molecule has 1 unspecified atom stereocenters. The van der Waals surface area contributed by atoms with Crippen LogP contribution < -0.4 is 15.5 Å². The van der Waals surface area contributed by atoms with E-state index in [4.69, 9.17) is 0 Å². The summed E-state index contributed by atoms with van der Waals surface area (Å²) in [7, 11) is 0. The van der Waals surface area contributed by atoms with Gasteiger partial charge in [0.05, 0.1) is 17.9 Å². The summed E-state index contributed by atoms with van der Waals surface area (Å²) in [6.07, 6.45) is 0. The normalized spacial score (nSPS) is 22.9. The van der Waals surface area contributed by atoms with Crippen molar-refractivity contribution in [3.63, 3.8) is 0 Å². The molecule has 1 saturated heterocycles. The Morgan fingerprint density at radius 2 is 2.18 bits per heavy atom. The number of piperazine rings is 1. The van der Waals surface area contributed by atoms with Gasteiger partial charge in [-0.3, -0.25) is 14.5 Å². The van der Waals surface area contributed by atoms with Crippen LogP contribution >= 0.6 is 15.9 Å². The lowest BCUT2D eigenvalue weighted by Gasteiger charge is -2.39. The van der Waals surface area contributed by atoms with Crippen molar-refractivity contribution in [1.29, 1.82) is 0 Å². The second kappa shape index (κ2) is 3.82. The predicted molar refractivity (Wildman–Crippen MR) is 66.9 cm³/mol. The first kappa shape index (κ1) is 10.7. The van der Waals surface area contributed by atoms with Gasteiger partial charge >= 0.3 is 0 Å². The number of rotatable bonds is 0. The Labute approximate surface area is 106 Å². The number of carbonyl (C=O) groups excluding carboxylic acids is 2. The van der Waals surface area contributed by atoms with Crippen LogP contribution in [-0.2, 0) is 9.59 Å². The zero-order valence-corrected chi connectivity index (χ0v) is 10.5. The third-order valence-corrected chi connectivity index (χ3v) is 3.47. The summed E-state index contributed by atoms with van der Waals surface area (Å²) in [5, 5.41) is 5.76. The van der Waals surface area contributed by atoms with Gasteiger partial charge in [0.15, 0.2) is 0 Å². The SMILES string of the molecule is O=C1Nc2cc(Br)ccc2N2C(=O)CNCC12. The van der Waals surface area contributed by atoms with E-state index in [1.54, 1.807) is 11.0 Å². The molecule has 0 spiro atoms. The highest BCUT2D eigenvalue weighted by Gasteiger charge is 2.38. The van der Waals surface area contributed by atoms with Crippen LogP contribution in [0.25, 0.3) is 0 Å². The minimum atomic E-state index is -0.440. The minimum Gasteiger partial charge on any atom is -0.322 e. The van der Waals surface area contributed by atoms with Gasteiger partial charge in [-0.2, -0.15) is 0 Å². The summed E-state index contributed by atoms with van der Waals surface area (Å²) < 4.78 is 0.873. The smallest absolute Gasteiger partial charge is 0.248 e. The van der Waals surface area contributed by atoms with Crippen LogP contribution in [-0.4, -0.2) is 30.9 Å². The lowest BCUT2D eigenvalue weighted by Crippen LogP contribution is -2.61. The Kier molecular flexibility index (Phi) is 2.41. The van der Waals surface area contributed by atoms with E-state index in [1.165, 1.54) is 0 Å². The number of nitrogens with zero attached hydrogens (tertiary/aromatic N) is 1. The van der Waals surface area contributed by atoms with Crippen LogP contribution in [0.4, 0.5) is 11.4 Å². The van der Waals surface area contributed by atoms with Crippen molar-refractivity contribution < 1.29 is 9.59 Å². The molecule has 17 heavy (non-hydrogen) atoms. The Morgan fingerprint density at radius 1 is 1.35 bits per heavy atom. The molecule has 2 aliphatic heterocycles. The second-order valence-corrected chi connectivity index (χ2v) is 4.98. The zero-order valence-electron chi connectivity index (χ0n) is 8.87. The highest BCUT2D eigenvalue weighted by Crippen LogP contribution is 2.34. The average Bonchev–Trinajstić information content (AvgIpc) is 2.29. The molecule has 1 atom stereocenters. The van der Waals surface area contributed by atoms with Crippen molar-refractivity contribution in [2.45, 2.75) is 6.04 Å². The van der Waals surface area contributed by atoms with Gasteiger partial charge in [0.1, 0.15) is 6.04 Å². The van der Waals surface area contributed by atoms with Gasteiger partial charge in [-0.15, -0.1) is 0 Å². The number of fused-ring (bicyclic) bond motifs is 3. The van der Waals surface area contributed by atoms with Crippen molar-refractivity contribution in [2.24, 2.45) is 0 Å². The number of hydrogen-bond acceptors (Lipinski definition) is 3.